The molecule has 0 spiro atoms. The van der Waals surface area contributed by atoms with Crippen LogP contribution in [-0.4, -0.2) is 89.2 Å². The maximum Gasteiger partial charge on any atom is 0.335 e. The molecule has 0 aromatic heterocycles. The highest BCUT2D eigenvalue weighted by Crippen LogP contribution is 2.27. The SMILES string of the molecule is CC/C=C\C/C=C\C/C=C\C/C=C\C/C=C\CCCCCC(=O)OC1C(OCC(COC(=O)CCCCCCCCCCC/C=C\CCCCCCCC)OC(=O)CCCCCCC/C=C\CCCCCCCC)OC(C(=O)O)C(O)C1O. The van der Waals surface area contributed by atoms with Crippen molar-refractivity contribution in [1.82, 2.24) is 0 Å². The largest absolute Gasteiger partial charge is 0.479 e. The predicted octanol–water partition coefficient (Wildman–Crippen LogP) is 18.2. The number of allylic oxidation sites excluding steroid dienone is 14. The lowest BCUT2D eigenvalue weighted by molar-refractivity contribution is -0.301. The third kappa shape index (κ3) is 47.8. The minimum atomic E-state index is -1.92. The standard InChI is InChI=1S/C71H120O12/c1-4-7-10-13-16-19-22-25-28-30-32-34-37-39-42-45-48-51-54-57-63(72)79-60-62(81-64(73)58-55-52-49-46-43-40-36-27-24-21-18-15-12-9-6-3)61-80-71-69(67(76)66(75)68(83-71)70(77)78)82-65(74)59-56-53-50-47-44-41-38-35-33-31-29-26-23-20-17-14-11-8-5-2/h8,11,17,20,25-29,33,35-36,41,44,62,66-69,71,75-76H,4-7,9-10,12-16,18-19,21-24,30-32,34,37-40,42-43,45-61H2,1-3H3,(H,77,78)/b11-8-,20-17-,28-25-,29-26-,35-33-,36-27-,44-41-. The topological polar surface area (TPSA) is 175 Å². The number of rotatable bonds is 57. The van der Waals surface area contributed by atoms with Gasteiger partial charge in [0, 0.05) is 19.3 Å². The second-order valence-corrected chi connectivity index (χ2v) is 22.7. The number of aliphatic hydroxyl groups is 2. The summed E-state index contributed by atoms with van der Waals surface area (Å²) in [6, 6.07) is 0. The maximum atomic E-state index is 13.2. The van der Waals surface area contributed by atoms with Crippen LogP contribution in [0.25, 0.3) is 0 Å². The molecule has 6 unspecified atom stereocenters. The summed E-state index contributed by atoms with van der Waals surface area (Å²) in [7, 11) is 0. The molecular formula is C71H120O12. The number of esters is 3. The number of aliphatic carboxylic acids is 1. The first-order valence-electron chi connectivity index (χ1n) is 33.6. The zero-order valence-corrected chi connectivity index (χ0v) is 52.7. The van der Waals surface area contributed by atoms with Gasteiger partial charge in [0.2, 0.25) is 0 Å². The van der Waals surface area contributed by atoms with E-state index in [1.54, 1.807) is 0 Å². The summed E-state index contributed by atoms with van der Waals surface area (Å²) in [5, 5.41) is 31.6. The highest BCUT2D eigenvalue weighted by molar-refractivity contribution is 5.74. The lowest BCUT2D eigenvalue weighted by Gasteiger charge is -2.40. The molecule has 0 aromatic carbocycles. The first-order valence-corrected chi connectivity index (χ1v) is 33.6. The maximum absolute atomic E-state index is 13.2. The van der Waals surface area contributed by atoms with Crippen LogP contribution in [0, 0.1) is 0 Å². The Morgan fingerprint density at radius 3 is 1.18 bits per heavy atom. The first-order chi connectivity index (χ1) is 40.6. The highest BCUT2D eigenvalue weighted by Gasteiger charge is 2.50. The van der Waals surface area contributed by atoms with E-state index >= 15 is 0 Å². The number of carboxylic acids is 1. The average molecular weight is 1170 g/mol. The van der Waals surface area contributed by atoms with Gasteiger partial charge in [-0.25, -0.2) is 4.79 Å². The van der Waals surface area contributed by atoms with Crippen LogP contribution in [-0.2, 0) is 42.9 Å². The minimum absolute atomic E-state index is 0.0181. The summed E-state index contributed by atoms with van der Waals surface area (Å²) in [6.07, 6.45) is 63.9. The molecule has 1 saturated heterocycles. The van der Waals surface area contributed by atoms with E-state index in [9.17, 15) is 34.5 Å². The van der Waals surface area contributed by atoms with E-state index < -0.39 is 67.3 Å². The van der Waals surface area contributed by atoms with Crippen molar-refractivity contribution < 1.29 is 58.2 Å². The number of carbonyl (C=O) groups excluding carboxylic acids is 3. The van der Waals surface area contributed by atoms with E-state index in [-0.39, 0.29) is 25.9 Å². The molecule has 6 atom stereocenters. The van der Waals surface area contributed by atoms with Gasteiger partial charge in [-0.2, -0.15) is 0 Å². The quantitative estimate of drug-likeness (QED) is 0.0228. The molecule has 12 nitrogen and oxygen atoms in total. The molecule has 0 aromatic rings. The van der Waals surface area contributed by atoms with Crippen molar-refractivity contribution in [2.24, 2.45) is 0 Å². The lowest BCUT2D eigenvalue weighted by atomic mass is 9.98. The fourth-order valence-electron chi connectivity index (χ4n) is 9.80. The molecule has 1 aliphatic rings. The fourth-order valence-corrected chi connectivity index (χ4v) is 9.80. The molecule has 0 radical (unpaired) electrons. The van der Waals surface area contributed by atoms with Gasteiger partial charge >= 0.3 is 23.9 Å². The lowest BCUT2D eigenvalue weighted by Crippen LogP contribution is -2.61. The van der Waals surface area contributed by atoms with Crippen LogP contribution in [0.2, 0.25) is 0 Å². The smallest absolute Gasteiger partial charge is 0.335 e. The third-order valence-electron chi connectivity index (χ3n) is 14.9. The molecular weight excluding hydrogens is 1040 g/mol. The normalized spacial score (nSPS) is 18.1. The van der Waals surface area contributed by atoms with Gasteiger partial charge < -0.3 is 39.0 Å². The molecule has 0 bridgehead atoms. The number of ether oxygens (including phenoxy) is 5. The first kappa shape index (κ1) is 76.9. The van der Waals surface area contributed by atoms with Crippen LogP contribution in [0.5, 0.6) is 0 Å². The second-order valence-electron chi connectivity index (χ2n) is 22.7. The van der Waals surface area contributed by atoms with Gasteiger partial charge in [0.25, 0.3) is 0 Å². The van der Waals surface area contributed by atoms with Crippen molar-refractivity contribution in [1.29, 1.82) is 0 Å². The Hall–Kier alpha value is -4.10. The number of aliphatic hydroxyl groups excluding tert-OH is 2. The number of unbranched alkanes of at least 4 members (excludes halogenated alkanes) is 29. The summed E-state index contributed by atoms with van der Waals surface area (Å²) >= 11 is 0. The second kappa shape index (κ2) is 58.3. The van der Waals surface area contributed by atoms with E-state index in [0.717, 1.165) is 109 Å². The van der Waals surface area contributed by atoms with Gasteiger partial charge in [-0.05, 0) is 116 Å². The van der Waals surface area contributed by atoms with E-state index in [4.69, 9.17) is 23.7 Å². The van der Waals surface area contributed by atoms with Crippen LogP contribution < -0.4 is 0 Å². The molecule has 12 heteroatoms. The summed E-state index contributed by atoms with van der Waals surface area (Å²) in [5.74, 6) is -3.17. The van der Waals surface area contributed by atoms with Gasteiger partial charge in [0.1, 0.15) is 18.8 Å². The molecule has 1 heterocycles. The van der Waals surface area contributed by atoms with Crippen LogP contribution >= 0.6 is 0 Å². The Morgan fingerprint density at radius 2 is 0.759 bits per heavy atom. The number of hydrogen-bond acceptors (Lipinski definition) is 11. The fraction of sp³-hybridized carbons (Fsp3) is 0.746. The Bertz CT molecular complexity index is 1760. The zero-order valence-electron chi connectivity index (χ0n) is 52.7. The van der Waals surface area contributed by atoms with Crippen LogP contribution in [0.15, 0.2) is 85.1 Å². The Kier molecular flexibility index (Phi) is 54.0. The van der Waals surface area contributed by atoms with Crippen LogP contribution in [0.4, 0.5) is 0 Å². The summed E-state index contributed by atoms with van der Waals surface area (Å²) in [6.45, 7) is 5.88. The van der Waals surface area contributed by atoms with Crippen molar-refractivity contribution in [2.45, 2.75) is 327 Å². The van der Waals surface area contributed by atoms with Crippen LogP contribution in [0.1, 0.15) is 290 Å². The van der Waals surface area contributed by atoms with Gasteiger partial charge in [-0.1, -0.05) is 241 Å². The van der Waals surface area contributed by atoms with Crippen LogP contribution in [0.3, 0.4) is 0 Å². The predicted molar refractivity (Wildman–Crippen MR) is 340 cm³/mol. The van der Waals surface area contributed by atoms with Crippen molar-refractivity contribution in [3.05, 3.63) is 85.1 Å². The molecule has 0 amide bonds. The van der Waals surface area contributed by atoms with Gasteiger partial charge in [0.15, 0.2) is 24.6 Å². The molecule has 83 heavy (non-hydrogen) atoms. The summed E-state index contributed by atoms with van der Waals surface area (Å²) < 4.78 is 28.5. The number of carbonyl (C=O) groups is 4. The molecule has 1 rings (SSSR count). The van der Waals surface area contributed by atoms with E-state index in [1.807, 2.05) is 0 Å². The van der Waals surface area contributed by atoms with Crippen molar-refractivity contribution in [3.63, 3.8) is 0 Å². The molecule has 0 aliphatic carbocycles. The number of carboxylic acid groups (broad SMARTS) is 1. The van der Waals surface area contributed by atoms with E-state index in [0.29, 0.717) is 19.3 Å². The van der Waals surface area contributed by atoms with Gasteiger partial charge in [0.05, 0.1) is 6.61 Å². The monoisotopic (exact) mass is 1160 g/mol. The third-order valence-corrected chi connectivity index (χ3v) is 14.9. The van der Waals surface area contributed by atoms with E-state index in [1.165, 1.54) is 122 Å². The zero-order chi connectivity index (χ0) is 60.3. The Morgan fingerprint density at radius 1 is 0.410 bits per heavy atom. The molecule has 476 valence electrons. The van der Waals surface area contributed by atoms with Gasteiger partial charge in [-0.3, -0.25) is 14.4 Å². The summed E-state index contributed by atoms with van der Waals surface area (Å²) in [4.78, 5) is 51.4. The Labute approximate surface area is 505 Å². The van der Waals surface area contributed by atoms with Crippen molar-refractivity contribution in [2.75, 3.05) is 13.2 Å². The average Bonchev–Trinajstić information content (AvgIpc) is 3.60. The van der Waals surface area contributed by atoms with Crippen molar-refractivity contribution in [3.8, 4) is 0 Å². The minimum Gasteiger partial charge on any atom is -0.479 e. The number of hydrogen-bond donors (Lipinski definition) is 3. The molecule has 1 aliphatic heterocycles. The highest BCUT2D eigenvalue weighted by atomic mass is 16.7. The Balaban J connectivity index is 2.67. The van der Waals surface area contributed by atoms with E-state index in [2.05, 4.69) is 106 Å². The molecule has 0 saturated carbocycles. The molecule has 1 fully saturated rings. The molecule has 3 N–H and O–H groups in total. The summed E-state index contributed by atoms with van der Waals surface area (Å²) in [5.41, 5.74) is 0. The van der Waals surface area contributed by atoms with Gasteiger partial charge in [-0.15, -0.1) is 0 Å². The van der Waals surface area contributed by atoms with Crippen molar-refractivity contribution >= 4 is 23.9 Å².